The van der Waals surface area contributed by atoms with Gasteiger partial charge in [0.05, 0.1) is 12.3 Å². The Bertz CT molecular complexity index is 371. The van der Waals surface area contributed by atoms with Gasteiger partial charge in [0, 0.05) is 6.04 Å². The van der Waals surface area contributed by atoms with Crippen molar-refractivity contribution in [2.24, 2.45) is 11.8 Å². The van der Waals surface area contributed by atoms with Gasteiger partial charge < -0.3 is 9.73 Å². The highest BCUT2D eigenvalue weighted by Gasteiger charge is 2.40. The van der Waals surface area contributed by atoms with E-state index in [4.69, 9.17) is 4.42 Å². The second-order valence-electron chi connectivity index (χ2n) is 5.64. The third kappa shape index (κ3) is 1.69. The summed E-state index contributed by atoms with van der Waals surface area (Å²) in [5, 5.41) is 3.76. The van der Waals surface area contributed by atoms with Crippen molar-refractivity contribution >= 4 is 0 Å². The number of hydrogen-bond acceptors (Lipinski definition) is 2. The standard InChI is InChI=1S/C14H21NO/c1-9-5-6-16-14(9)10(2)15-13-8-11-3-4-12(13)7-11/h5-6,10-13,15H,3-4,7-8H2,1-2H3. The summed E-state index contributed by atoms with van der Waals surface area (Å²) in [5.41, 5.74) is 1.27. The minimum Gasteiger partial charge on any atom is -0.467 e. The van der Waals surface area contributed by atoms with Gasteiger partial charge >= 0.3 is 0 Å². The lowest BCUT2D eigenvalue weighted by Gasteiger charge is -2.26. The molecule has 4 atom stereocenters. The van der Waals surface area contributed by atoms with E-state index in [-0.39, 0.29) is 0 Å². The lowest BCUT2D eigenvalue weighted by atomic mass is 9.94. The number of aryl methyl sites for hydroxylation is 1. The first-order valence-electron chi connectivity index (χ1n) is 6.54. The summed E-state index contributed by atoms with van der Waals surface area (Å²) in [6, 6.07) is 3.14. The number of nitrogens with one attached hydrogen (secondary N) is 1. The zero-order valence-corrected chi connectivity index (χ0v) is 10.2. The molecule has 0 aliphatic heterocycles. The Morgan fingerprint density at radius 1 is 1.38 bits per heavy atom. The van der Waals surface area contributed by atoms with Crippen LogP contribution in [0.15, 0.2) is 16.7 Å². The molecule has 0 spiro atoms. The van der Waals surface area contributed by atoms with Gasteiger partial charge in [0.15, 0.2) is 0 Å². The van der Waals surface area contributed by atoms with Crippen molar-refractivity contribution in [2.45, 2.75) is 51.6 Å². The molecule has 2 nitrogen and oxygen atoms in total. The topological polar surface area (TPSA) is 25.2 Å². The maximum atomic E-state index is 5.55. The molecule has 2 saturated carbocycles. The maximum Gasteiger partial charge on any atom is 0.123 e. The van der Waals surface area contributed by atoms with Gasteiger partial charge in [-0.1, -0.05) is 6.42 Å². The Morgan fingerprint density at radius 2 is 2.25 bits per heavy atom. The minimum atomic E-state index is 0.361. The Morgan fingerprint density at radius 3 is 2.81 bits per heavy atom. The summed E-state index contributed by atoms with van der Waals surface area (Å²) >= 11 is 0. The molecule has 1 aromatic rings. The first-order chi connectivity index (χ1) is 7.74. The molecule has 16 heavy (non-hydrogen) atoms. The Labute approximate surface area is 97.4 Å². The normalized spacial score (nSPS) is 34.5. The Hall–Kier alpha value is -0.760. The molecule has 4 unspecified atom stereocenters. The van der Waals surface area contributed by atoms with Gasteiger partial charge in [0.25, 0.3) is 0 Å². The molecular weight excluding hydrogens is 198 g/mol. The van der Waals surface area contributed by atoms with Crippen LogP contribution in [-0.4, -0.2) is 6.04 Å². The number of fused-ring (bicyclic) bond motifs is 2. The summed E-state index contributed by atoms with van der Waals surface area (Å²) in [4.78, 5) is 0. The van der Waals surface area contributed by atoms with Crippen LogP contribution >= 0.6 is 0 Å². The Kier molecular flexibility index (Phi) is 2.55. The predicted octanol–water partition coefficient (Wildman–Crippen LogP) is 3.43. The molecule has 2 heteroatoms. The molecule has 0 radical (unpaired) electrons. The number of hydrogen-bond donors (Lipinski definition) is 1. The van der Waals surface area contributed by atoms with E-state index in [1.54, 1.807) is 6.26 Å². The molecule has 2 fully saturated rings. The van der Waals surface area contributed by atoms with Gasteiger partial charge in [-0.2, -0.15) is 0 Å². The SMILES string of the molecule is Cc1ccoc1C(C)NC1CC2CCC1C2. The average Bonchev–Trinajstić information content (AvgIpc) is 2.92. The fourth-order valence-electron chi connectivity index (χ4n) is 3.67. The fourth-order valence-corrected chi connectivity index (χ4v) is 3.67. The highest BCUT2D eigenvalue weighted by Crippen LogP contribution is 2.45. The summed E-state index contributed by atoms with van der Waals surface area (Å²) in [6.07, 6.45) is 7.54. The summed E-state index contributed by atoms with van der Waals surface area (Å²) in [5.74, 6) is 3.05. The van der Waals surface area contributed by atoms with Crippen molar-refractivity contribution in [2.75, 3.05) is 0 Å². The van der Waals surface area contributed by atoms with Crippen LogP contribution in [0, 0.1) is 18.8 Å². The number of furan rings is 1. The second kappa shape index (κ2) is 3.92. The lowest BCUT2D eigenvalue weighted by Crippen LogP contribution is -2.35. The monoisotopic (exact) mass is 219 g/mol. The van der Waals surface area contributed by atoms with Crippen molar-refractivity contribution in [1.29, 1.82) is 0 Å². The van der Waals surface area contributed by atoms with Crippen LogP contribution < -0.4 is 5.32 Å². The van der Waals surface area contributed by atoms with Crippen molar-refractivity contribution < 1.29 is 4.42 Å². The van der Waals surface area contributed by atoms with Crippen LogP contribution in [0.5, 0.6) is 0 Å². The highest BCUT2D eigenvalue weighted by atomic mass is 16.3. The van der Waals surface area contributed by atoms with Crippen LogP contribution in [0.4, 0.5) is 0 Å². The van der Waals surface area contributed by atoms with Crippen LogP contribution in [0.1, 0.15) is 50.0 Å². The third-order valence-electron chi connectivity index (χ3n) is 4.50. The molecule has 2 aliphatic carbocycles. The zero-order valence-electron chi connectivity index (χ0n) is 10.2. The van der Waals surface area contributed by atoms with E-state index in [1.165, 1.54) is 31.2 Å². The van der Waals surface area contributed by atoms with E-state index in [1.807, 2.05) is 6.07 Å². The van der Waals surface area contributed by atoms with Crippen LogP contribution in [-0.2, 0) is 0 Å². The Balaban J connectivity index is 1.65. The van der Waals surface area contributed by atoms with Crippen molar-refractivity contribution in [3.8, 4) is 0 Å². The van der Waals surface area contributed by atoms with Crippen LogP contribution in [0.2, 0.25) is 0 Å². The molecule has 0 aromatic carbocycles. The maximum absolute atomic E-state index is 5.55. The van der Waals surface area contributed by atoms with Crippen molar-refractivity contribution in [3.63, 3.8) is 0 Å². The van der Waals surface area contributed by atoms with E-state index >= 15 is 0 Å². The fraction of sp³-hybridized carbons (Fsp3) is 0.714. The van der Waals surface area contributed by atoms with Gasteiger partial charge in [0.2, 0.25) is 0 Å². The number of rotatable bonds is 3. The van der Waals surface area contributed by atoms with E-state index in [0.717, 1.165) is 23.6 Å². The quantitative estimate of drug-likeness (QED) is 0.842. The minimum absolute atomic E-state index is 0.361. The molecule has 88 valence electrons. The van der Waals surface area contributed by atoms with E-state index < -0.39 is 0 Å². The van der Waals surface area contributed by atoms with Crippen LogP contribution in [0.25, 0.3) is 0 Å². The van der Waals surface area contributed by atoms with Gasteiger partial charge in [-0.15, -0.1) is 0 Å². The molecule has 1 N–H and O–H groups in total. The average molecular weight is 219 g/mol. The summed E-state index contributed by atoms with van der Waals surface area (Å²) < 4.78 is 5.55. The molecule has 2 aliphatic rings. The van der Waals surface area contributed by atoms with Crippen molar-refractivity contribution in [3.05, 3.63) is 23.7 Å². The molecule has 3 rings (SSSR count). The lowest BCUT2D eigenvalue weighted by molar-refractivity contribution is 0.306. The first-order valence-corrected chi connectivity index (χ1v) is 6.54. The highest BCUT2D eigenvalue weighted by molar-refractivity contribution is 5.18. The van der Waals surface area contributed by atoms with E-state index in [0.29, 0.717) is 6.04 Å². The first kappa shape index (κ1) is 10.4. The summed E-state index contributed by atoms with van der Waals surface area (Å²) in [7, 11) is 0. The van der Waals surface area contributed by atoms with Gasteiger partial charge in [0.1, 0.15) is 5.76 Å². The second-order valence-corrected chi connectivity index (χ2v) is 5.64. The van der Waals surface area contributed by atoms with Gasteiger partial charge in [-0.3, -0.25) is 0 Å². The van der Waals surface area contributed by atoms with E-state index in [9.17, 15) is 0 Å². The molecule has 2 bridgehead atoms. The van der Waals surface area contributed by atoms with Gasteiger partial charge in [-0.05, 0) is 56.6 Å². The van der Waals surface area contributed by atoms with Gasteiger partial charge in [-0.25, -0.2) is 0 Å². The van der Waals surface area contributed by atoms with Crippen LogP contribution in [0.3, 0.4) is 0 Å². The summed E-state index contributed by atoms with van der Waals surface area (Å²) in [6.45, 7) is 4.34. The molecule has 0 saturated heterocycles. The molecule has 1 aromatic heterocycles. The largest absolute Gasteiger partial charge is 0.467 e. The smallest absolute Gasteiger partial charge is 0.123 e. The molecule has 0 amide bonds. The molecular formula is C14H21NO. The third-order valence-corrected chi connectivity index (χ3v) is 4.50. The zero-order chi connectivity index (χ0) is 11.1. The van der Waals surface area contributed by atoms with Crippen molar-refractivity contribution in [1.82, 2.24) is 5.32 Å². The van der Waals surface area contributed by atoms with E-state index in [2.05, 4.69) is 19.2 Å². The predicted molar refractivity (Wildman–Crippen MR) is 64.2 cm³/mol. The molecule has 1 heterocycles.